The first-order valence-electron chi connectivity index (χ1n) is 2.91. The number of nitrogens with two attached hydrogens (primary N) is 1. The van der Waals surface area contributed by atoms with Crippen LogP contribution in [-0.2, 0) is 0 Å². The molecule has 0 bridgehead atoms. The van der Waals surface area contributed by atoms with E-state index in [-0.39, 0.29) is 23.8 Å². The monoisotopic (exact) mass is 252 g/mol. The fraction of sp³-hybridized carbons (Fsp3) is 0. The largest absolute Gasteiger partial charge is 0.384 e. The number of amidine groups is 1. The molecule has 2 nitrogen and oxygen atoms in total. The van der Waals surface area contributed by atoms with Crippen molar-refractivity contribution in [2.24, 2.45) is 5.73 Å². The normalized spacial score (nSPS) is 8.83. The maximum atomic E-state index is 12.9. The molecular weight excluding hydrogens is 246 g/mol. The quantitative estimate of drug-likeness (QED) is 0.585. The summed E-state index contributed by atoms with van der Waals surface area (Å²) in [6.07, 6.45) is 0. The number of hydrogen-bond donors (Lipinski definition) is 2. The van der Waals surface area contributed by atoms with Crippen LogP contribution in [0, 0.1) is 11.2 Å². The van der Waals surface area contributed by atoms with Crippen LogP contribution in [0.15, 0.2) is 22.7 Å². The summed E-state index contributed by atoms with van der Waals surface area (Å²) in [4.78, 5) is 0. The van der Waals surface area contributed by atoms with Crippen molar-refractivity contribution >= 4 is 34.2 Å². The Morgan fingerprint density at radius 2 is 2.08 bits per heavy atom. The zero-order valence-electron chi connectivity index (χ0n) is 5.97. The van der Waals surface area contributed by atoms with E-state index in [4.69, 9.17) is 11.1 Å². The predicted octanol–water partition coefficient (Wildman–Crippen LogP) is 2.29. The van der Waals surface area contributed by atoms with Crippen molar-refractivity contribution in [2.45, 2.75) is 0 Å². The Kier molecular flexibility index (Phi) is 4.20. The second-order valence-electron chi connectivity index (χ2n) is 2.01. The molecule has 12 heavy (non-hydrogen) atoms. The van der Waals surface area contributed by atoms with Crippen LogP contribution in [0.4, 0.5) is 4.39 Å². The van der Waals surface area contributed by atoms with Crippen LogP contribution in [-0.4, -0.2) is 5.84 Å². The van der Waals surface area contributed by atoms with E-state index in [1.54, 1.807) is 12.1 Å². The number of halogens is 3. The number of nitrogen functional groups attached to an aromatic ring is 1. The average Bonchev–Trinajstić information content (AvgIpc) is 1.85. The fourth-order valence-electron chi connectivity index (χ4n) is 0.755. The highest BCUT2D eigenvalue weighted by Crippen LogP contribution is 2.18. The Balaban J connectivity index is 0.00000121. The molecule has 0 spiro atoms. The summed E-state index contributed by atoms with van der Waals surface area (Å²) in [5.41, 5.74) is 5.25. The van der Waals surface area contributed by atoms with E-state index in [2.05, 4.69) is 15.9 Å². The second-order valence-corrected chi connectivity index (χ2v) is 2.86. The van der Waals surface area contributed by atoms with Gasteiger partial charge in [-0.3, -0.25) is 5.41 Å². The van der Waals surface area contributed by atoms with Crippen molar-refractivity contribution in [1.29, 1.82) is 5.41 Å². The molecule has 0 amide bonds. The van der Waals surface area contributed by atoms with Gasteiger partial charge in [0.1, 0.15) is 11.7 Å². The lowest BCUT2D eigenvalue weighted by atomic mass is 10.2. The molecule has 0 aromatic heterocycles. The summed E-state index contributed by atoms with van der Waals surface area (Å²) in [7, 11) is 0. The van der Waals surface area contributed by atoms with Crippen molar-refractivity contribution in [3.8, 4) is 0 Å². The van der Waals surface area contributed by atoms with Gasteiger partial charge in [-0.2, -0.15) is 0 Å². The second kappa shape index (κ2) is 4.42. The molecule has 0 aliphatic carbocycles. The van der Waals surface area contributed by atoms with Gasteiger partial charge in [0.25, 0.3) is 0 Å². The number of rotatable bonds is 1. The minimum absolute atomic E-state index is 0. The number of benzene rings is 1. The molecule has 0 fully saturated rings. The van der Waals surface area contributed by atoms with Crippen molar-refractivity contribution in [1.82, 2.24) is 0 Å². The molecule has 1 aromatic rings. The fourth-order valence-corrected chi connectivity index (χ4v) is 1.31. The third-order valence-electron chi connectivity index (χ3n) is 1.23. The van der Waals surface area contributed by atoms with Gasteiger partial charge in [0.05, 0.1) is 5.56 Å². The summed E-state index contributed by atoms with van der Waals surface area (Å²) < 4.78 is 13.4. The molecule has 3 N–H and O–H groups in total. The van der Waals surface area contributed by atoms with E-state index in [1.807, 2.05) is 0 Å². The molecule has 0 aliphatic rings. The van der Waals surface area contributed by atoms with Crippen LogP contribution < -0.4 is 5.73 Å². The van der Waals surface area contributed by atoms with Crippen molar-refractivity contribution in [3.63, 3.8) is 0 Å². The average molecular weight is 254 g/mol. The van der Waals surface area contributed by atoms with Gasteiger partial charge >= 0.3 is 0 Å². The van der Waals surface area contributed by atoms with E-state index in [9.17, 15) is 4.39 Å². The van der Waals surface area contributed by atoms with Gasteiger partial charge < -0.3 is 5.73 Å². The predicted molar refractivity (Wildman–Crippen MR) is 52.4 cm³/mol. The van der Waals surface area contributed by atoms with Crippen molar-refractivity contribution in [2.75, 3.05) is 0 Å². The van der Waals surface area contributed by atoms with Crippen LogP contribution in [0.2, 0.25) is 0 Å². The summed E-state index contributed by atoms with van der Waals surface area (Å²) >= 11 is 3.09. The van der Waals surface area contributed by atoms with Gasteiger partial charge in [0.15, 0.2) is 0 Å². The maximum absolute atomic E-state index is 12.9. The molecule has 0 radical (unpaired) electrons. The lowest BCUT2D eigenvalue weighted by Crippen LogP contribution is -2.13. The van der Waals surface area contributed by atoms with Gasteiger partial charge in [-0.05, 0) is 28.1 Å². The Labute approximate surface area is 84.0 Å². The summed E-state index contributed by atoms with van der Waals surface area (Å²) in [5.74, 6) is -0.748. The maximum Gasteiger partial charge on any atom is 0.135 e. The highest BCUT2D eigenvalue weighted by molar-refractivity contribution is 9.10. The Bertz CT molecular complexity index is 283. The van der Waals surface area contributed by atoms with Gasteiger partial charge in [0, 0.05) is 4.47 Å². The van der Waals surface area contributed by atoms with E-state index in [1.165, 1.54) is 6.07 Å². The summed E-state index contributed by atoms with van der Waals surface area (Å²) in [6.45, 7) is 0. The van der Waals surface area contributed by atoms with Crippen LogP contribution >= 0.6 is 28.3 Å². The molecule has 0 saturated heterocycles. The van der Waals surface area contributed by atoms with Gasteiger partial charge in [0.2, 0.25) is 0 Å². The molecule has 1 aromatic carbocycles. The minimum Gasteiger partial charge on any atom is -0.384 e. The van der Waals surface area contributed by atoms with Crippen LogP contribution in [0.5, 0.6) is 0 Å². The first-order valence-corrected chi connectivity index (χ1v) is 3.70. The third kappa shape index (κ3) is 2.19. The van der Waals surface area contributed by atoms with E-state index in [0.717, 1.165) is 0 Å². The molecule has 0 unspecified atom stereocenters. The lowest BCUT2D eigenvalue weighted by molar-refractivity contribution is 0.624. The highest BCUT2D eigenvalue weighted by Gasteiger charge is 2.07. The van der Waals surface area contributed by atoms with Gasteiger partial charge in [-0.25, -0.2) is 4.39 Å². The number of nitrogens with one attached hydrogen (secondary N) is 1. The molecule has 1 rings (SSSR count). The van der Waals surface area contributed by atoms with E-state index in [0.29, 0.717) is 4.47 Å². The van der Waals surface area contributed by atoms with Gasteiger partial charge in [-0.15, -0.1) is 12.4 Å². The standard InChI is InChI=1S/C7H6BrFN2.ClH/c8-4-2-1-3-5(9)6(4)7(10)11;/h1-3H,(H3,10,11);1H. The molecule has 0 aliphatic heterocycles. The topological polar surface area (TPSA) is 49.9 Å². The molecule has 0 atom stereocenters. The Morgan fingerprint density at radius 3 is 2.42 bits per heavy atom. The first kappa shape index (κ1) is 11.4. The molecule has 5 heteroatoms. The molecule has 0 saturated carbocycles. The van der Waals surface area contributed by atoms with E-state index < -0.39 is 5.82 Å². The van der Waals surface area contributed by atoms with Crippen molar-refractivity contribution in [3.05, 3.63) is 34.1 Å². The Hall–Kier alpha value is -0.610. The smallest absolute Gasteiger partial charge is 0.135 e. The minimum atomic E-state index is -0.480. The first-order chi connectivity index (χ1) is 5.13. The third-order valence-corrected chi connectivity index (χ3v) is 1.89. The van der Waals surface area contributed by atoms with Crippen LogP contribution in [0.1, 0.15) is 5.56 Å². The van der Waals surface area contributed by atoms with Crippen LogP contribution in [0.25, 0.3) is 0 Å². The SMILES string of the molecule is Cl.N=C(N)c1c(F)cccc1Br. The zero-order valence-corrected chi connectivity index (χ0v) is 8.38. The molecular formula is C7H7BrClFN2. The lowest BCUT2D eigenvalue weighted by Gasteiger charge is -2.01. The summed E-state index contributed by atoms with van der Waals surface area (Å²) in [5, 5.41) is 7.02. The highest BCUT2D eigenvalue weighted by atomic mass is 79.9. The number of hydrogen-bond acceptors (Lipinski definition) is 1. The van der Waals surface area contributed by atoms with Gasteiger partial charge in [-0.1, -0.05) is 6.07 Å². The Morgan fingerprint density at radius 1 is 1.50 bits per heavy atom. The molecule has 0 heterocycles. The van der Waals surface area contributed by atoms with Crippen LogP contribution in [0.3, 0.4) is 0 Å². The summed E-state index contributed by atoms with van der Waals surface area (Å²) in [6, 6.07) is 4.45. The zero-order chi connectivity index (χ0) is 8.43. The molecule has 66 valence electrons. The van der Waals surface area contributed by atoms with E-state index >= 15 is 0 Å². The van der Waals surface area contributed by atoms with Crippen molar-refractivity contribution < 1.29 is 4.39 Å².